The highest BCUT2D eigenvalue weighted by molar-refractivity contribution is 6.22. The van der Waals surface area contributed by atoms with Gasteiger partial charge in [0, 0.05) is 34.1 Å². The summed E-state index contributed by atoms with van der Waals surface area (Å²) in [6.45, 7) is 22.7. The Bertz CT molecular complexity index is 2950. The lowest BCUT2D eigenvalue weighted by molar-refractivity contribution is 0.411. The van der Waals surface area contributed by atoms with Gasteiger partial charge in [0.25, 0.3) is 0 Å². The fourth-order valence-corrected chi connectivity index (χ4v) is 9.96. The molecule has 9 aromatic rings. The number of aryl methyl sites for hydroxylation is 4. The van der Waals surface area contributed by atoms with Gasteiger partial charge in [-0.15, -0.1) is 0 Å². The summed E-state index contributed by atoms with van der Waals surface area (Å²) in [5, 5.41) is 4.89. The summed E-state index contributed by atoms with van der Waals surface area (Å²) < 4.78 is 0. The zero-order valence-corrected chi connectivity index (χ0v) is 40.6. The molecule has 9 aromatic carbocycles. The van der Waals surface area contributed by atoms with E-state index in [2.05, 4.69) is 261 Å². The van der Waals surface area contributed by atoms with E-state index in [1.165, 1.54) is 88.6 Å². The second kappa shape index (κ2) is 17.8. The number of hydrogen-bond donors (Lipinski definition) is 0. The molecule has 0 heterocycles. The molecule has 2 nitrogen and oxygen atoms in total. The van der Waals surface area contributed by atoms with Gasteiger partial charge in [-0.05, 0) is 190 Å². The average Bonchev–Trinajstić information content (AvgIpc) is 3.26. The summed E-state index contributed by atoms with van der Waals surface area (Å²) in [5.41, 5.74) is 19.8. The van der Waals surface area contributed by atoms with Crippen molar-refractivity contribution in [2.45, 2.75) is 82.1 Å². The Morgan fingerprint density at radius 2 is 0.652 bits per heavy atom. The Morgan fingerprint density at radius 1 is 0.303 bits per heavy atom. The van der Waals surface area contributed by atoms with Crippen LogP contribution in [0.1, 0.15) is 74.9 Å². The predicted octanol–water partition coefficient (Wildman–Crippen LogP) is 18.7. The topological polar surface area (TPSA) is 6.48 Å². The fourth-order valence-electron chi connectivity index (χ4n) is 9.96. The van der Waals surface area contributed by atoms with Crippen LogP contribution in [-0.2, 0) is 12.8 Å². The van der Waals surface area contributed by atoms with E-state index in [9.17, 15) is 0 Å². The Kier molecular flexibility index (Phi) is 12.0. The van der Waals surface area contributed by atoms with Gasteiger partial charge in [0.2, 0.25) is 0 Å². The van der Waals surface area contributed by atoms with Gasteiger partial charge in [0.1, 0.15) is 0 Å². The van der Waals surface area contributed by atoms with E-state index >= 15 is 0 Å². The van der Waals surface area contributed by atoms with Gasteiger partial charge < -0.3 is 9.80 Å². The molecule has 0 unspecified atom stereocenters. The van der Waals surface area contributed by atoms with E-state index in [1.807, 2.05) is 0 Å². The van der Waals surface area contributed by atoms with Crippen molar-refractivity contribution in [3.63, 3.8) is 0 Å². The van der Waals surface area contributed by atoms with Crippen molar-refractivity contribution >= 4 is 55.7 Å². The number of anilines is 6. The first-order valence-corrected chi connectivity index (χ1v) is 23.7. The number of rotatable bonds is 10. The molecule has 0 aliphatic heterocycles. The molecule has 0 fully saturated rings. The lowest BCUT2D eigenvalue weighted by Gasteiger charge is -2.29. The minimum atomic E-state index is 0.161. The van der Waals surface area contributed by atoms with Crippen LogP contribution < -0.4 is 9.80 Å². The molecule has 0 aliphatic carbocycles. The number of hydrogen-bond acceptors (Lipinski definition) is 2. The molecule has 0 atom stereocenters. The Hall–Kier alpha value is -6.90. The van der Waals surface area contributed by atoms with Crippen LogP contribution in [-0.4, -0.2) is 0 Å². The summed E-state index contributed by atoms with van der Waals surface area (Å²) in [7, 11) is 0. The van der Waals surface area contributed by atoms with E-state index in [0.29, 0.717) is 0 Å². The van der Waals surface area contributed by atoms with Crippen LogP contribution in [0.25, 0.3) is 43.8 Å². The maximum absolute atomic E-state index is 2.46. The standard InChI is InChI=1S/C64H64N2/c1-43-21-25-51(26-22-43)65(55-35-45(3)33-47(37-55)41-63(5,6)7)53-29-31-57-59(39-53)61(49-17-13-11-14-18-49)58-32-30-54(40-60(58)62(57)50-19-15-12-16-20-50)66(52-27-23-44(2)24-28-52)56-36-46(4)34-48(38-56)42-64(8,9)10/h11-40H,41-42H2,1-10H3. The zero-order valence-electron chi connectivity index (χ0n) is 40.6. The van der Waals surface area contributed by atoms with Crippen molar-refractivity contribution in [2.24, 2.45) is 10.8 Å². The molecule has 2 heteroatoms. The molecule has 66 heavy (non-hydrogen) atoms. The summed E-state index contributed by atoms with van der Waals surface area (Å²) >= 11 is 0. The maximum atomic E-state index is 2.46. The fraction of sp³-hybridized carbons (Fsp3) is 0.219. The lowest BCUT2D eigenvalue weighted by Crippen LogP contribution is -2.13. The van der Waals surface area contributed by atoms with Crippen molar-refractivity contribution in [1.82, 2.24) is 0 Å². The molecule has 0 spiro atoms. The first kappa shape index (κ1) is 44.3. The van der Waals surface area contributed by atoms with Gasteiger partial charge in [0.15, 0.2) is 0 Å². The highest BCUT2D eigenvalue weighted by Gasteiger charge is 2.24. The summed E-state index contributed by atoms with van der Waals surface area (Å²) in [6, 6.07) is 68.5. The van der Waals surface area contributed by atoms with Gasteiger partial charge in [-0.2, -0.15) is 0 Å². The first-order valence-electron chi connectivity index (χ1n) is 23.7. The van der Waals surface area contributed by atoms with Gasteiger partial charge in [-0.3, -0.25) is 0 Å². The quantitative estimate of drug-likeness (QED) is 0.126. The van der Waals surface area contributed by atoms with Gasteiger partial charge >= 0.3 is 0 Å². The van der Waals surface area contributed by atoms with Crippen LogP contribution in [0, 0.1) is 38.5 Å². The molecule has 0 bridgehead atoms. The van der Waals surface area contributed by atoms with Gasteiger partial charge in [-0.1, -0.05) is 162 Å². The molecule has 0 aromatic heterocycles. The SMILES string of the molecule is Cc1ccc(N(c2cc(C)cc(CC(C)(C)C)c2)c2ccc3c(-c4ccccc4)c4cc(N(c5ccc(C)cc5)c5cc(C)cc(CC(C)(C)C)c5)ccc4c(-c4ccccc4)c3c2)cc1. The third-order valence-corrected chi connectivity index (χ3v) is 12.5. The number of fused-ring (bicyclic) bond motifs is 2. The van der Waals surface area contributed by atoms with Crippen molar-refractivity contribution in [2.75, 3.05) is 9.80 Å². The molecule has 0 aliphatic rings. The highest BCUT2D eigenvalue weighted by Crippen LogP contribution is 2.49. The molecule has 0 amide bonds. The molecule has 0 radical (unpaired) electrons. The van der Waals surface area contributed by atoms with Crippen LogP contribution >= 0.6 is 0 Å². The molecular weight excluding hydrogens is 797 g/mol. The molecular formula is C64H64N2. The van der Waals surface area contributed by atoms with E-state index in [4.69, 9.17) is 0 Å². The minimum Gasteiger partial charge on any atom is -0.310 e. The van der Waals surface area contributed by atoms with Crippen molar-refractivity contribution in [3.05, 3.63) is 215 Å². The summed E-state index contributed by atoms with van der Waals surface area (Å²) in [6.07, 6.45) is 1.99. The van der Waals surface area contributed by atoms with E-state index < -0.39 is 0 Å². The Balaban J connectivity index is 1.34. The second-order valence-corrected chi connectivity index (χ2v) is 21.1. The van der Waals surface area contributed by atoms with Crippen molar-refractivity contribution in [1.29, 1.82) is 0 Å². The molecule has 0 N–H and O–H groups in total. The van der Waals surface area contributed by atoms with Crippen LogP contribution in [0.2, 0.25) is 0 Å². The lowest BCUT2D eigenvalue weighted by atomic mass is 9.85. The molecule has 0 saturated carbocycles. The zero-order chi connectivity index (χ0) is 46.3. The van der Waals surface area contributed by atoms with E-state index in [1.54, 1.807) is 0 Å². The molecule has 0 saturated heterocycles. The third-order valence-electron chi connectivity index (χ3n) is 12.5. The normalized spacial score (nSPS) is 11.9. The minimum absolute atomic E-state index is 0.161. The number of nitrogens with zero attached hydrogens (tertiary/aromatic N) is 2. The maximum Gasteiger partial charge on any atom is 0.0468 e. The molecule has 330 valence electrons. The summed E-state index contributed by atoms with van der Waals surface area (Å²) in [4.78, 5) is 4.91. The Labute approximate surface area is 394 Å². The second-order valence-electron chi connectivity index (χ2n) is 21.1. The third kappa shape index (κ3) is 9.56. The molecule has 9 rings (SSSR count). The number of benzene rings is 9. The monoisotopic (exact) mass is 861 g/mol. The highest BCUT2D eigenvalue weighted by atomic mass is 15.1. The van der Waals surface area contributed by atoms with E-state index in [0.717, 1.165) is 35.6 Å². The Morgan fingerprint density at radius 3 is 1.00 bits per heavy atom. The van der Waals surface area contributed by atoms with Crippen molar-refractivity contribution < 1.29 is 0 Å². The van der Waals surface area contributed by atoms with Gasteiger partial charge in [-0.25, -0.2) is 0 Å². The van der Waals surface area contributed by atoms with Gasteiger partial charge in [0.05, 0.1) is 0 Å². The van der Waals surface area contributed by atoms with Crippen molar-refractivity contribution in [3.8, 4) is 22.3 Å². The largest absolute Gasteiger partial charge is 0.310 e. The predicted molar refractivity (Wildman–Crippen MR) is 287 cm³/mol. The first-order chi connectivity index (χ1) is 31.6. The van der Waals surface area contributed by atoms with Crippen LogP contribution in [0.5, 0.6) is 0 Å². The van der Waals surface area contributed by atoms with Crippen LogP contribution in [0.3, 0.4) is 0 Å². The summed E-state index contributed by atoms with van der Waals surface area (Å²) in [5.74, 6) is 0. The average molecular weight is 861 g/mol. The smallest absolute Gasteiger partial charge is 0.0468 e. The van der Waals surface area contributed by atoms with Crippen LogP contribution in [0.15, 0.2) is 182 Å². The van der Waals surface area contributed by atoms with Crippen LogP contribution in [0.4, 0.5) is 34.1 Å². The van der Waals surface area contributed by atoms with E-state index in [-0.39, 0.29) is 10.8 Å².